The summed E-state index contributed by atoms with van der Waals surface area (Å²) in [5.74, 6) is 2.26. The monoisotopic (exact) mass is 441 g/mol. The predicted octanol–water partition coefficient (Wildman–Crippen LogP) is 3.33. The van der Waals surface area contributed by atoms with E-state index in [-0.39, 0.29) is 12.1 Å². The van der Waals surface area contributed by atoms with E-state index in [2.05, 4.69) is 46.6 Å². The standard InChI is InChI=1S/C23H29N4O3S/c1-30-23(28)26-10-5-8-18(15-26)24-20-12-21(25-19-9-11-31(29)22(19)20)27-13-17(14-27)16-6-3-2-4-7-16/h2-4,6-7,12,17-18,29H,5,8-11,13-15H2,1H3,(H,24,25)/q+1/t18-,31?/m1/s1. The predicted molar refractivity (Wildman–Crippen MR) is 123 cm³/mol. The van der Waals surface area contributed by atoms with E-state index in [9.17, 15) is 9.35 Å². The number of benzene rings is 1. The third-order valence-electron chi connectivity index (χ3n) is 6.49. The molecule has 8 heteroatoms. The number of aryl methyl sites for hydroxylation is 1. The van der Waals surface area contributed by atoms with E-state index in [1.54, 1.807) is 4.90 Å². The second-order valence-corrected chi connectivity index (χ2v) is 10.1. The number of rotatable bonds is 4. The Morgan fingerprint density at radius 1 is 1.26 bits per heavy atom. The summed E-state index contributed by atoms with van der Waals surface area (Å²) in [6, 6.07) is 12.9. The summed E-state index contributed by atoms with van der Waals surface area (Å²) in [6.45, 7) is 3.25. The van der Waals surface area contributed by atoms with Gasteiger partial charge in [-0.05, 0) is 18.4 Å². The van der Waals surface area contributed by atoms with E-state index in [4.69, 9.17) is 9.72 Å². The number of hydrogen-bond donors (Lipinski definition) is 2. The highest BCUT2D eigenvalue weighted by Crippen LogP contribution is 2.38. The van der Waals surface area contributed by atoms with Crippen molar-refractivity contribution in [3.8, 4) is 0 Å². The minimum atomic E-state index is -0.774. The summed E-state index contributed by atoms with van der Waals surface area (Å²) >= 11 is -0.774. The van der Waals surface area contributed by atoms with Crippen LogP contribution in [-0.2, 0) is 22.3 Å². The second kappa shape index (κ2) is 8.59. The van der Waals surface area contributed by atoms with Crippen molar-refractivity contribution in [3.05, 3.63) is 47.7 Å². The second-order valence-electron chi connectivity index (χ2n) is 8.53. The molecule has 1 aromatic heterocycles. The number of methoxy groups -OCH3 is 1. The maximum absolute atomic E-state index is 12.0. The molecule has 3 aliphatic heterocycles. The van der Waals surface area contributed by atoms with Crippen LogP contribution >= 0.6 is 0 Å². The van der Waals surface area contributed by atoms with Gasteiger partial charge in [-0.25, -0.2) is 9.78 Å². The normalized spacial score (nSPS) is 23.3. The molecule has 0 radical (unpaired) electrons. The number of amides is 1. The highest BCUT2D eigenvalue weighted by atomic mass is 32.2. The highest BCUT2D eigenvalue weighted by molar-refractivity contribution is 7.92. The van der Waals surface area contributed by atoms with Crippen LogP contribution in [0.25, 0.3) is 0 Å². The van der Waals surface area contributed by atoms with Crippen LogP contribution in [0.15, 0.2) is 41.3 Å². The van der Waals surface area contributed by atoms with E-state index < -0.39 is 11.2 Å². The zero-order chi connectivity index (χ0) is 21.4. The minimum Gasteiger partial charge on any atom is -0.453 e. The molecule has 7 nitrogen and oxygen atoms in total. The van der Waals surface area contributed by atoms with Crippen molar-refractivity contribution in [2.75, 3.05) is 49.3 Å². The zero-order valence-electron chi connectivity index (χ0n) is 17.8. The molecule has 2 fully saturated rings. The summed E-state index contributed by atoms with van der Waals surface area (Å²) in [5.41, 5.74) is 3.36. The summed E-state index contributed by atoms with van der Waals surface area (Å²) in [5, 5.41) is 3.64. The Balaban J connectivity index is 1.34. The number of anilines is 2. The maximum Gasteiger partial charge on any atom is 0.409 e. The van der Waals surface area contributed by atoms with Gasteiger partial charge in [-0.2, -0.15) is 4.55 Å². The van der Waals surface area contributed by atoms with Gasteiger partial charge in [0.1, 0.15) is 11.5 Å². The molecule has 1 amide bonds. The lowest BCUT2D eigenvalue weighted by atomic mass is 9.91. The van der Waals surface area contributed by atoms with Crippen LogP contribution < -0.4 is 10.2 Å². The first-order valence-electron chi connectivity index (χ1n) is 11.0. The largest absolute Gasteiger partial charge is 0.453 e. The van der Waals surface area contributed by atoms with E-state index in [1.807, 2.05) is 0 Å². The van der Waals surface area contributed by atoms with Gasteiger partial charge >= 0.3 is 6.09 Å². The molecule has 1 aromatic carbocycles. The molecule has 4 heterocycles. The highest BCUT2D eigenvalue weighted by Gasteiger charge is 2.39. The smallest absolute Gasteiger partial charge is 0.409 e. The molecule has 0 spiro atoms. The maximum atomic E-state index is 12.0. The van der Waals surface area contributed by atoms with Gasteiger partial charge in [-0.15, -0.1) is 0 Å². The molecule has 31 heavy (non-hydrogen) atoms. The van der Waals surface area contributed by atoms with Crippen molar-refractivity contribution in [2.24, 2.45) is 0 Å². The topological polar surface area (TPSA) is 77.9 Å². The molecule has 0 saturated carbocycles. The fraction of sp³-hybridized carbons (Fsp3) is 0.478. The first kappa shape index (κ1) is 20.5. The van der Waals surface area contributed by atoms with Crippen LogP contribution in [0.1, 0.15) is 30.0 Å². The van der Waals surface area contributed by atoms with Crippen molar-refractivity contribution in [2.45, 2.75) is 36.1 Å². The van der Waals surface area contributed by atoms with Gasteiger partial charge in [0.05, 0.1) is 12.8 Å². The van der Waals surface area contributed by atoms with Crippen molar-refractivity contribution in [1.82, 2.24) is 9.88 Å². The number of fused-ring (bicyclic) bond motifs is 1. The first-order chi connectivity index (χ1) is 15.1. The van der Waals surface area contributed by atoms with Crippen molar-refractivity contribution in [1.29, 1.82) is 0 Å². The third kappa shape index (κ3) is 4.06. The number of pyridine rings is 1. The van der Waals surface area contributed by atoms with Crippen LogP contribution in [0.5, 0.6) is 0 Å². The fourth-order valence-electron chi connectivity index (χ4n) is 4.78. The van der Waals surface area contributed by atoms with Gasteiger partial charge in [-0.3, -0.25) is 0 Å². The number of nitrogens with one attached hydrogen (secondary N) is 1. The molecule has 2 atom stereocenters. The number of hydrogen-bond acceptors (Lipinski definition) is 6. The van der Waals surface area contributed by atoms with Gasteiger partial charge in [0.25, 0.3) is 0 Å². The molecule has 2 aromatic rings. The Labute approximate surface area is 186 Å². The molecule has 3 aliphatic rings. The minimum absolute atomic E-state index is 0.137. The SMILES string of the molecule is COC(=O)N1CCC[C@@H](Nc2cc(N3CC(c4ccccc4)C3)nc3c2[S+](O)CC3)C1. The number of ether oxygens (including phenoxy) is 1. The third-order valence-corrected chi connectivity index (χ3v) is 8.01. The molecular weight excluding hydrogens is 412 g/mol. The summed E-state index contributed by atoms with van der Waals surface area (Å²) in [4.78, 5) is 21.9. The average Bonchev–Trinajstić information content (AvgIpc) is 3.14. The molecule has 0 bridgehead atoms. The lowest BCUT2D eigenvalue weighted by Gasteiger charge is -2.41. The molecule has 1 unspecified atom stereocenters. The van der Waals surface area contributed by atoms with Gasteiger partial charge < -0.3 is 19.9 Å². The number of carbonyl (C=O) groups is 1. The summed E-state index contributed by atoms with van der Waals surface area (Å²) in [6.07, 6.45) is 2.45. The van der Waals surface area contributed by atoms with E-state index in [0.29, 0.717) is 12.5 Å². The van der Waals surface area contributed by atoms with Gasteiger partial charge in [0.2, 0.25) is 4.90 Å². The molecule has 2 saturated heterocycles. The van der Waals surface area contributed by atoms with E-state index in [1.165, 1.54) is 12.7 Å². The Bertz CT molecular complexity index is 951. The zero-order valence-corrected chi connectivity index (χ0v) is 18.6. The summed E-state index contributed by atoms with van der Waals surface area (Å²) < 4.78 is 15.5. The lowest BCUT2D eigenvalue weighted by molar-refractivity contribution is 0.113. The van der Waals surface area contributed by atoms with Crippen molar-refractivity contribution in [3.63, 3.8) is 0 Å². The van der Waals surface area contributed by atoms with Crippen LogP contribution in [0.2, 0.25) is 0 Å². The first-order valence-corrected chi connectivity index (χ1v) is 12.3. The van der Waals surface area contributed by atoms with Crippen LogP contribution in [-0.4, -0.2) is 65.6 Å². The average molecular weight is 442 g/mol. The number of aromatic nitrogens is 1. The van der Waals surface area contributed by atoms with Crippen molar-refractivity contribution >= 4 is 28.8 Å². The summed E-state index contributed by atoms with van der Waals surface area (Å²) in [7, 11) is 1.43. The molecule has 2 N–H and O–H groups in total. The fourth-order valence-corrected chi connectivity index (χ4v) is 6.16. The lowest BCUT2D eigenvalue weighted by Crippen LogP contribution is -2.46. The number of nitrogens with zero attached hydrogens (tertiary/aromatic N) is 3. The van der Waals surface area contributed by atoms with Crippen molar-refractivity contribution < 1.29 is 14.1 Å². The Morgan fingerprint density at radius 2 is 2.06 bits per heavy atom. The van der Waals surface area contributed by atoms with Gasteiger partial charge in [0, 0.05) is 50.6 Å². The van der Waals surface area contributed by atoms with E-state index in [0.717, 1.165) is 66.7 Å². The van der Waals surface area contributed by atoms with Gasteiger partial charge in [-0.1, -0.05) is 30.3 Å². The Morgan fingerprint density at radius 3 is 2.84 bits per heavy atom. The number of carbonyl (C=O) groups excluding carboxylic acids is 1. The molecule has 164 valence electrons. The molecule has 0 aliphatic carbocycles. The quantitative estimate of drug-likeness (QED) is 0.709. The number of piperidine rings is 1. The van der Waals surface area contributed by atoms with Gasteiger partial charge in [0.15, 0.2) is 16.9 Å². The molecule has 5 rings (SSSR count). The van der Waals surface area contributed by atoms with Crippen LogP contribution in [0.3, 0.4) is 0 Å². The Hall–Kier alpha value is -2.45. The Kier molecular flexibility index (Phi) is 5.67. The number of likely N-dealkylation sites (tertiary alicyclic amines) is 1. The van der Waals surface area contributed by atoms with Crippen LogP contribution in [0, 0.1) is 0 Å². The molecular formula is C23H29N4O3S+. The van der Waals surface area contributed by atoms with Crippen LogP contribution in [0.4, 0.5) is 16.3 Å². The van der Waals surface area contributed by atoms with E-state index >= 15 is 0 Å².